The van der Waals surface area contributed by atoms with Gasteiger partial charge in [0.15, 0.2) is 0 Å². The van der Waals surface area contributed by atoms with E-state index in [2.05, 4.69) is 20.8 Å². The van der Waals surface area contributed by atoms with Crippen LogP contribution in [0.5, 0.6) is 0 Å². The Labute approximate surface area is 197 Å². The number of fused-ring (bicyclic) bond motifs is 2. The second kappa shape index (κ2) is 9.06. The second-order valence-electron chi connectivity index (χ2n) is 7.90. The van der Waals surface area contributed by atoms with E-state index in [-0.39, 0.29) is 29.3 Å². The standard InChI is InChI=1S/C24H20FN5O3S/c25-22-17-10-14(6-7-18(17)28-29-22)23(32)26-12-21(31)30-9-8-19-15(13-30)11-20(34-19)24(33)27-16-4-2-1-3-5-16/h1-7,10-11H,8-9,12-13H2,(H,26,32)(H,27,33)(H,28,29). The van der Waals surface area contributed by atoms with Crippen molar-refractivity contribution < 1.29 is 18.8 Å². The van der Waals surface area contributed by atoms with Gasteiger partial charge in [0.05, 0.1) is 22.3 Å². The fourth-order valence-electron chi connectivity index (χ4n) is 3.86. The molecule has 8 nitrogen and oxygen atoms in total. The number of carbonyl (C=O) groups is 3. The molecule has 5 rings (SSSR count). The van der Waals surface area contributed by atoms with Gasteiger partial charge in [-0.05, 0) is 48.4 Å². The summed E-state index contributed by atoms with van der Waals surface area (Å²) in [7, 11) is 0. The number of amides is 3. The number of nitrogens with zero attached hydrogens (tertiary/aromatic N) is 2. The molecule has 4 aromatic rings. The molecule has 0 aliphatic carbocycles. The summed E-state index contributed by atoms with van der Waals surface area (Å²) in [5.41, 5.74) is 2.39. The number of para-hydroxylation sites is 1. The third-order valence-corrected chi connectivity index (χ3v) is 6.89. The molecule has 34 heavy (non-hydrogen) atoms. The zero-order chi connectivity index (χ0) is 23.7. The maximum atomic E-state index is 13.7. The largest absolute Gasteiger partial charge is 0.343 e. The zero-order valence-electron chi connectivity index (χ0n) is 17.9. The highest BCUT2D eigenvalue weighted by molar-refractivity contribution is 7.14. The van der Waals surface area contributed by atoms with Crippen LogP contribution in [-0.4, -0.2) is 45.9 Å². The summed E-state index contributed by atoms with van der Waals surface area (Å²) in [4.78, 5) is 41.1. The Morgan fingerprint density at radius 3 is 2.74 bits per heavy atom. The van der Waals surface area contributed by atoms with Crippen LogP contribution < -0.4 is 10.6 Å². The highest BCUT2D eigenvalue weighted by atomic mass is 32.1. The van der Waals surface area contributed by atoms with Crippen molar-refractivity contribution in [2.75, 3.05) is 18.4 Å². The van der Waals surface area contributed by atoms with E-state index in [0.29, 0.717) is 29.9 Å². The van der Waals surface area contributed by atoms with Gasteiger partial charge in [0.25, 0.3) is 11.8 Å². The fraction of sp³-hybridized carbons (Fsp3) is 0.167. The molecule has 1 aliphatic rings. The lowest BCUT2D eigenvalue weighted by Gasteiger charge is -2.27. The molecule has 10 heteroatoms. The van der Waals surface area contributed by atoms with Gasteiger partial charge in [-0.3, -0.25) is 19.5 Å². The van der Waals surface area contributed by atoms with Crippen LogP contribution in [0.3, 0.4) is 0 Å². The normalized spacial score (nSPS) is 12.9. The number of aromatic nitrogens is 2. The van der Waals surface area contributed by atoms with Crippen LogP contribution in [0, 0.1) is 5.95 Å². The maximum Gasteiger partial charge on any atom is 0.265 e. The van der Waals surface area contributed by atoms with Crippen molar-refractivity contribution in [1.82, 2.24) is 20.4 Å². The Hall–Kier alpha value is -4.05. The molecule has 0 spiro atoms. The molecule has 0 bridgehead atoms. The Morgan fingerprint density at radius 2 is 1.91 bits per heavy atom. The van der Waals surface area contributed by atoms with Gasteiger partial charge in [0, 0.05) is 29.2 Å². The molecule has 2 aromatic carbocycles. The molecular formula is C24H20FN5O3S. The number of benzene rings is 2. The number of hydrogen-bond donors (Lipinski definition) is 3. The van der Waals surface area contributed by atoms with Crippen LogP contribution in [0.2, 0.25) is 0 Å². The Morgan fingerprint density at radius 1 is 1.09 bits per heavy atom. The highest BCUT2D eigenvalue weighted by Gasteiger charge is 2.25. The smallest absolute Gasteiger partial charge is 0.265 e. The number of carbonyl (C=O) groups excluding carboxylic acids is 3. The molecule has 172 valence electrons. The number of thiophene rings is 1. The molecule has 3 heterocycles. The van der Waals surface area contributed by atoms with E-state index in [1.54, 1.807) is 17.0 Å². The van der Waals surface area contributed by atoms with Crippen LogP contribution in [-0.2, 0) is 17.8 Å². The molecule has 0 saturated heterocycles. The van der Waals surface area contributed by atoms with Gasteiger partial charge in [0.1, 0.15) is 0 Å². The minimum Gasteiger partial charge on any atom is -0.343 e. The van der Waals surface area contributed by atoms with Crippen molar-refractivity contribution in [2.45, 2.75) is 13.0 Å². The topological polar surface area (TPSA) is 107 Å². The predicted octanol–water partition coefficient (Wildman–Crippen LogP) is 3.33. The summed E-state index contributed by atoms with van der Waals surface area (Å²) in [6.45, 7) is 0.713. The molecule has 0 atom stereocenters. The van der Waals surface area contributed by atoms with Gasteiger partial charge in [-0.25, -0.2) is 0 Å². The number of rotatable bonds is 5. The van der Waals surface area contributed by atoms with Gasteiger partial charge in [-0.1, -0.05) is 18.2 Å². The van der Waals surface area contributed by atoms with E-state index < -0.39 is 11.9 Å². The Bertz CT molecular complexity index is 1400. The third-order valence-electron chi connectivity index (χ3n) is 5.65. The van der Waals surface area contributed by atoms with Crippen LogP contribution in [0.1, 0.15) is 30.5 Å². The molecule has 0 radical (unpaired) electrons. The maximum absolute atomic E-state index is 13.7. The minimum atomic E-state index is -0.683. The Kier molecular flexibility index (Phi) is 5.81. The molecule has 0 saturated carbocycles. The van der Waals surface area contributed by atoms with Gasteiger partial charge >= 0.3 is 0 Å². The lowest BCUT2D eigenvalue weighted by Crippen LogP contribution is -2.42. The summed E-state index contributed by atoms with van der Waals surface area (Å²) >= 11 is 1.44. The fourth-order valence-corrected chi connectivity index (χ4v) is 4.92. The quantitative estimate of drug-likeness (QED) is 0.410. The summed E-state index contributed by atoms with van der Waals surface area (Å²) < 4.78 is 13.7. The minimum absolute atomic E-state index is 0.175. The number of halogens is 1. The average molecular weight is 478 g/mol. The molecule has 0 fully saturated rings. The Balaban J connectivity index is 1.19. The zero-order valence-corrected chi connectivity index (χ0v) is 18.7. The molecule has 3 N–H and O–H groups in total. The van der Waals surface area contributed by atoms with Crippen molar-refractivity contribution in [3.8, 4) is 0 Å². The van der Waals surface area contributed by atoms with Crippen LogP contribution in [0.4, 0.5) is 10.1 Å². The summed E-state index contributed by atoms with van der Waals surface area (Å²) in [6, 6.07) is 15.6. The summed E-state index contributed by atoms with van der Waals surface area (Å²) in [5.74, 6) is -1.56. The average Bonchev–Trinajstić information content (AvgIpc) is 3.46. The molecule has 0 unspecified atom stereocenters. The van der Waals surface area contributed by atoms with Crippen molar-refractivity contribution in [2.24, 2.45) is 0 Å². The predicted molar refractivity (Wildman–Crippen MR) is 126 cm³/mol. The first-order valence-corrected chi connectivity index (χ1v) is 11.5. The van der Waals surface area contributed by atoms with E-state index in [1.807, 2.05) is 36.4 Å². The van der Waals surface area contributed by atoms with Crippen LogP contribution in [0.25, 0.3) is 10.9 Å². The van der Waals surface area contributed by atoms with Crippen LogP contribution >= 0.6 is 11.3 Å². The number of aromatic amines is 1. The van der Waals surface area contributed by atoms with Crippen LogP contribution in [0.15, 0.2) is 54.6 Å². The van der Waals surface area contributed by atoms with Crippen molar-refractivity contribution in [3.63, 3.8) is 0 Å². The summed E-state index contributed by atoms with van der Waals surface area (Å²) in [5, 5.41) is 11.7. The summed E-state index contributed by atoms with van der Waals surface area (Å²) in [6.07, 6.45) is 0.648. The first-order chi connectivity index (χ1) is 16.5. The van der Waals surface area contributed by atoms with Gasteiger partial charge < -0.3 is 15.5 Å². The second-order valence-corrected chi connectivity index (χ2v) is 9.04. The van der Waals surface area contributed by atoms with E-state index in [0.717, 1.165) is 16.1 Å². The molecule has 3 amide bonds. The van der Waals surface area contributed by atoms with E-state index in [9.17, 15) is 18.8 Å². The molecule has 1 aliphatic heterocycles. The molecule has 2 aromatic heterocycles. The SMILES string of the molecule is O=C(NCC(=O)N1CCc2sc(C(=O)Nc3ccccc3)cc2C1)c1ccc2[nH]nc(F)c2c1. The highest BCUT2D eigenvalue weighted by Crippen LogP contribution is 2.29. The number of H-pyrrole nitrogens is 1. The van der Waals surface area contributed by atoms with Gasteiger partial charge in [0.2, 0.25) is 11.9 Å². The van der Waals surface area contributed by atoms with E-state index in [4.69, 9.17) is 0 Å². The number of hydrogen-bond acceptors (Lipinski definition) is 5. The van der Waals surface area contributed by atoms with Crippen molar-refractivity contribution >= 4 is 45.6 Å². The first kappa shape index (κ1) is 21.8. The number of nitrogens with one attached hydrogen (secondary N) is 3. The monoisotopic (exact) mass is 477 g/mol. The first-order valence-electron chi connectivity index (χ1n) is 10.7. The third kappa shape index (κ3) is 4.40. The van der Waals surface area contributed by atoms with Gasteiger partial charge in [-0.15, -0.1) is 16.4 Å². The molecular weight excluding hydrogens is 457 g/mol. The lowest BCUT2D eigenvalue weighted by atomic mass is 10.1. The lowest BCUT2D eigenvalue weighted by molar-refractivity contribution is -0.131. The van der Waals surface area contributed by atoms with Crippen molar-refractivity contribution in [3.05, 3.63) is 81.4 Å². The van der Waals surface area contributed by atoms with E-state index in [1.165, 1.54) is 17.4 Å². The van der Waals surface area contributed by atoms with E-state index >= 15 is 0 Å². The number of anilines is 1. The van der Waals surface area contributed by atoms with Gasteiger partial charge in [-0.2, -0.15) is 4.39 Å². The van der Waals surface area contributed by atoms with Crippen molar-refractivity contribution in [1.29, 1.82) is 0 Å².